The van der Waals surface area contributed by atoms with Gasteiger partial charge in [-0.25, -0.2) is 9.59 Å². The second kappa shape index (κ2) is 8.90. The molecule has 0 fully saturated rings. The Balaban J connectivity index is 1.68. The summed E-state index contributed by atoms with van der Waals surface area (Å²) in [6.45, 7) is 9.81. The molecule has 1 aromatic heterocycles. The maximum atomic E-state index is 12.7. The number of carbonyl (C=O) groups is 2. The van der Waals surface area contributed by atoms with E-state index in [-0.39, 0.29) is 18.6 Å². The van der Waals surface area contributed by atoms with Crippen LogP contribution in [0.25, 0.3) is 0 Å². The van der Waals surface area contributed by atoms with Gasteiger partial charge in [0.25, 0.3) is 0 Å². The number of fused-ring (bicyclic) bond motifs is 1. The zero-order valence-electron chi connectivity index (χ0n) is 18.4. The highest BCUT2D eigenvalue weighted by atomic mass is 16.6. The summed E-state index contributed by atoms with van der Waals surface area (Å²) >= 11 is 0. The van der Waals surface area contributed by atoms with Crippen LogP contribution in [0.5, 0.6) is 0 Å². The van der Waals surface area contributed by atoms with Crippen LogP contribution in [-0.2, 0) is 28.9 Å². The van der Waals surface area contributed by atoms with E-state index in [0.717, 1.165) is 28.9 Å². The predicted molar refractivity (Wildman–Crippen MR) is 114 cm³/mol. The number of hydrogen-bond acceptors (Lipinski definition) is 5. The van der Waals surface area contributed by atoms with Gasteiger partial charge >= 0.3 is 12.2 Å². The van der Waals surface area contributed by atoms with Gasteiger partial charge in [0.15, 0.2) is 0 Å². The lowest BCUT2D eigenvalue weighted by atomic mass is 9.89. The van der Waals surface area contributed by atoms with Crippen LogP contribution in [0.3, 0.4) is 0 Å². The van der Waals surface area contributed by atoms with Crippen molar-refractivity contribution in [3.05, 3.63) is 52.8 Å². The minimum atomic E-state index is -0.593. The first-order chi connectivity index (χ1) is 14.1. The van der Waals surface area contributed by atoms with Crippen molar-refractivity contribution in [2.24, 2.45) is 0 Å². The molecule has 0 saturated heterocycles. The molecule has 1 N–H and O–H groups in total. The Bertz CT molecular complexity index is 897. The predicted octanol–water partition coefficient (Wildman–Crippen LogP) is 4.57. The van der Waals surface area contributed by atoms with Crippen LogP contribution in [0.4, 0.5) is 9.59 Å². The molecular formula is C23H31N3O4. The van der Waals surface area contributed by atoms with Gasteiger partial charge in [-0.1, -0.05) is 44.2 Å². The Kier molecular flexibility index (Phi) is 6.48. The zero-order chi connectivity index (χ0) is 21.9. The minimum absolute atomic E-state index is 0.0606. The van der Waals surface area contributed by atoms with Gasteiger partial charge in [-0.2, -0.15) is 9.78 Å². The largest absolute Gasteiger partial charge is 0.445 e. The third kappa shape index (κ3) is 5.40. The van der Waals surface area contributed by atoms with Gasteiger partial charge in [-0.15, -0.1) is 0 Å². The second-order valence-electron chi connectivity index (χ2n) is 9.00. The molecule has 7 nitrogen and oxygen atoms in total. The molecule has 0 bridgehead atoms. The number of nitrogens with one attached hydrogen (secondary N) is 1. The molecule has 0 unspecified atom stereocenters. The van der Waals surface area contributed by atoms with E-state index in [2.05, 4.69) is 10.4 Å². The second-order valence-corrected chi connectivity index (χ2v) is 9.00. The van der Waals surface area contributed by atoms with Crippen molar-refractivity contribution in [2.75, 3.05) is 0 Å². The summed E-state index contributed by atoms with van der Waals surface area (Å²) in [6, 6.07) is 9.52. The lowest BCUT2D eigenvalue weighted by Gasteiger charge is -2.24. The van der Waals surface area contributed by atoms with E-state index in [1.807, 2.05) is 65.0 Å². The lowest BCUT2D eigenvalue weighted by molar-refractivity contribution is 0.0507. The van der Waals surface area contributed by atoms with Crippen LogP contribution in [0.15, 0.2) is 30.3 Å². The van der Waals surface area contributed by atoms with Crippen molar-refractivity contribution < 1.29 is 19.1 Å². The van der Waals surface area contributed by atoms with Gasteiger partial charge < -0.3 is 14.8 Å². The monoisotopic (exact) mass is 413 g/mol. The maximum Gasteiger partial charge on any atom is 0.435 e. The molecule has 1 aliphatic rings. The number of aromatic nitrogens is 2. The molecule has 1 atom stereocenters. The van der Waals surface area contributed by atoms with Gasteiger partial charge in [0.2, 0.25) is 0 Å². The smallest absolute Gasteiger partial charge is 0.435 e. The molecule has 0 saturated carbocycles. The number of alkyl carbamates (subject to hydrolysis) is 1. The van der Waals surface area contributed by atoms with Crippen molar-refractivity contribution >= 4 is 12.2 Å². The fourth-order valence-electron chi connectivity index (χ4n) is 3.69. The summed E-state index contributed by atoms with van der Waals surface area (Å²) in [5, 5.41) is 7.50. The summed E-state index contributed by atoms with van der Waals surface area (Å²) in [7, 11) is 0. The summed E-state index contributed by atoms with van der Waals surface area (Å²) in [5.74, 6) is 0.0950. The molecular weight excluding hydrogens is 382 g/mol. The van der Waals surface area contributed by atoms with Crippen molar-refractivity contribution in [3.63, 3.8) is 0 Å². The van der Waals surface area contributed by atoms with E-state index in [1.54, 1.807) is 0 Å². The number of carbonyl (C=O) groups excluding carboxylic acids is 2. The molecule has 7 heteroatoms. The molecule has 0 spiro atoms. The van der Waals surface area contributed by atoms with E-state index >= 15 is 0 Å². The Morgan fingerprint density at radius 3 is 2.57 bits per heavy atom. The first-order valence-corrected chi connectivity index (χ1v) is 10.5. The van der Waals surface area contributed by atoms with Gasteiger partial charge in [-0.3, -0.25) is 0 Å². The van der Waals surface area contributed by atoms with E-state index < -0.39 is 17.8 Å². The van der Waals surface area contributed by atoms with Crippen LogP contribution in [-0.4, -0.2) is 33.6 Å². The number of hydrogen-bond donors (Lipinski definition) is 1. The van der Waals surface area contributed by atoms with Gasteiger partial charge in [0, 0.05) is 6.04 Å². The molecule has 2 aromatic rings. The fourth-order valence-corrected chi connectivity index (χ4v) is 3.69. The van der Waals surface area contributed by atoms with Gasteiger partial charge in [-0.05, 0) is 57.1 Å². The number of amides is 1. The van der Waals surface area contributed by atoms with Crippen LogP contribution < -0.4 is 5.32 Å². The fraction of sp³-hybridized carbons (Fsp3) is 0.522. The number of rotatable bonds is 4. The first-order valence-electron chi connectivity index (χ1n) is 10.5. The highest BCUT2D eigenvalue weighted by Gasteiger charge is 2.31. The number of nitrogens with zero attached hydrogens (tertiary/aromatic N) is 2. The van der Waals surface area contributed by atoms with Crippen molar-refractivity contribution in [1.29, 1.82) is 0 Å². The van der Waals surface area contributed by atoms with E-state index in [1.165, 1.54) is 4.68 Å². The lowest BCUT2D eigenvalue weighted by Crippen LogP contribution is -2.39. The van der Waals surface area contributed by atoms with Crippen LogP contribution in [0.1, 0.15) is 69.5 Å². The average Bonchev–Trinajstić information content (AvgIpc) is 3.05. The Morgan fingerprint density at radius 2 is 1.93 bits per heavy atom. The molecule has 1 aromatic carbocycles. The van der Waals surface area contributed by atoms with Gasteiger partial charge in [0.05, 0.1) is 11.4 Å². The molecule has 30 heavy (non-hydrogen) atoms. The average molecular weight is 414 g/mol. The van der Waals surface area contributed by atoms with E-state index in [4.69, 9.17) is 9.47 Å². The third-order valence-corrected chi connectivity index (χ3v) is 4.93. The maximum absolute atomic E-state index is 12.7. The summed E-state index contributed by atoms with van der Waals surface area (Å²) < 4.78 is 12.3. The molecule has 3 rings (SSSR count). The van der Waals surface area contributed by atoms with Crippen molar-refractivity contribution in [2.45, 2.75) is 78.0 Å². The normalized spacial score (nSPS) is 16.1. The van der Waals surface area contributed by atoms with E-state index in [9.17, 15) is 9.59 Å². The standard InChI is InChI=1S/C23H31N3O4/c1-15(2)20-18-13-17(24-21(27)29-14-16-9-7-6-8-10-16)11-12-19(18)25-26(20)22(28)30-23(3,4)5/h6-10,15,17H,11-14H2,1-5H3,(H,24,27)/t17-/m1/s1. The van der Waals surface area contributed by atoms with Crippen LogP contribution >= 0.6 is 0 Å². The molecule has 1 amide bonds. The Hall–Kier alpha value is -2.83. The quantitative estimate of drug-likeness (QED) is 0.794. The Labute approximate surface area is 177 Å². The first kappa shape index (κ1) is 21.9. The topological polar surface area (TPSA) is 82.5 Å². The molecule has 162 valence electrons. The summed E-state index contributed by atoms with van der Waals surface area (Å²) in [4.78, 5) is 24.9. The number of aryl methyl sites for hydroxylation is 1. The zero-order valence-corrected chi connectivity index (χ0v) is 18.4. The summed E-state index contributed by atoms with van der Waals surface area (Å²) in [5.41, 5.74) is 3.13. The molecule has 0 radical (unpaired) electrons. The molecule has 1 heterocycles. The number of benzene rings is 1. The van der Waals surface area contributed by atoms with E-state index in [0.29, 0.717) is 12.8 Å². The minimum Gasteiger partial charge on any atom is -0.445 e. The highest BCUT2D eigenvalue weighted by Crippen LogP contribution is 2.30. The van der Waals surface area contributed by atoms with Crippen molar-refractivity contribution in [3.8, 4) is 0 Å². The number of ether oxygens (including phenoxy) is 2. The molecule has 0 aliphatic heterocycles. The Morgan fingerprint density at radius 1 is 1.23 bits per heavy atom. The SMILES string of the molecule is CC(C)c1c2c(nn1C(=O)OC(C)(C)C)CC[C@@H](NC(=O)OCc1ccccc1)C2. The third-order valence-electron chi connectivity index (χ3n) is 4.93. The highest BCUT2D eigenvalue weighted by molar-refractivity contribution is 5.72. The van der Waals surface area contributed by atoms with Crippen LogP contribution in [0.2, 0.25) is 0 Å². The van der Waals surface area contributed by atoms with Crippen molar-refractivity contribution in [1.82, 2.24) is 15.1 Å². The molecule has 1 aliphatic carbocycles. The summed E-state index contributed by atoms with van der Waals surface area (Å²) in [6.07, 6.45) is 1.15. The van der Waals surface area contributed by atoms with Gasteiger partial charge in [0.1, 0.15) is 12.2 Å². The van der Waals surface area contributed by atoms with Crippen LogP contribution in [0, 0.1) is 0 Å².